The van der Waals surface area contributed by atoms with E-state index in [2.05, 4.69) is 69.4 Å². The van der Waals surface area contributed by atoms with E-state index >= 15 is 0 Å². The number of allylic oxidation sites excluding steroid dienone is 8. The van der Waals surface area contributed by atoms with Crippen LogP contribution in [0.4, 0.5) is 0 Å². The first-order chi connectivity index (χ1) is 32.0. The zero-order valence-corrected chi connectivity index (χ0v) is 43.3. The predicted molar refractivity (Wildman–Crippen MR) is 279 cm³/mol. The molecule has 0 aromatic heterocycles. The quantitative estimate of drug-likeness (QED) is 0.0262. The van der Waals surface area contributed by atoms with Gasteiger partial charge >= 0.3 is 17.9 Å². The second-order valence-electron chi connectivity index (χ2n) is 18.8. The molecule has 0 fully saturated rings. The lowest BCUT2D eigenvalue weighted by Crippen LogP contribution is -2.30. The molecule has 0 saturated carbocycles. The van der Waals surface area contributed by atoms with Gasteiger partial charge < -0.3 is 14.2 Å². The Hall–Kier alpha value is -2.63. The highest BCUT2D eigenvalue weighted by Gasteiger charge is 2.19. The Labute approximate surface area is 403 Å². The van der Waals surface area contributed by atoms with Gasteiger partial charge in [0.25, 0.3) is 0 Å². The summed E-state index contributed by atoms with van der Waals surface area (Å²) in [6.07, 6.45) is 65.3. The first kappa shape index (κ1) is 62.4. The molecule has 0 aliphatic rings. The molecule has 65 heavy (non-hydrogen) atoms. The van der Waals surface area contributed by atoms with Gasteiger partial charge in [-0.1, -0.05) is 243 Å². The fraction of sp³-hybridized carbons (Fsp3) is 0.814. The van der Waals surface area contributed by atoms with Gasteiger partial charge in [-0.05, 0) is 77.0 Å². The van der Waals surface area contributed by atoms with Gasteiger partial charge in [0, 0.05) is 19.3 Å². The monoisotopic (exact) mass is 911 g/mol. The highest BCUT2D eigenvalue weighted by atomic mass is 16.6. The Kier molecular flexibility index (Phi) is 51.8. The van der Waals surface area contributed by atoms with E-state index in [9.17, 15) is 14.4 Å². The smallest absolute Gasteiger partial charge is 0.306 e. The van der Waals surface area contributed by atoms with Gasteiger partial charge in [-0.25, -0.2) is 0 Å². The number of esters is 3. The average Bonchev–Trinajstić information content (AvgIpc) is 3.30. The number of hydrogen-bond donors (Lipinski definition) is 0. The summed E-state index contributed by atoms with van der Waals surface area (Å²) in [6.45, 7) is 6.53. The molecule has 0 aliphatic heterocycles. The SMILES string of the molecule is CC/C=C\C/C=C\C/C=C\CCCCCCC(=O)OCC(COC(=O)CCCCCCCCC/C=C\CCCCCCCC)OC(=O)CCCCCCCCCCCCCCCCCC. The van der Waals surface area contributed by atoms with E-state index in [1.807, 2.05) is 0 Å². The molecule has 0 amide bonds. The molecular formula is C59H106O6. The Balaban J connectivity index is 4.37. The molecule has 0 N–H and O–H groups in total. The third-order valence-corrected chi connectivity index (χ3v) is 12.3. The van der Waals surface area contributed by atoms with Crippen molar-refractivity contribution >= 4 is 17.9 Å². The van der Waals surface area contributed by atoms with E-state index < -0.39 is 6.10 Å². The van der Waals surface area contributed by atoms with Crippen LogP contribution in [0, 0.1) is 0 Å². The second-order valence-corrected chi connectivity index (χ2v) is 18.8. The average molecular weight is 911 g/mol. The van der Waals surface area contributed by atoms with Crippen molar-refractivity contribution in [2.45, 2.75) is 297 Å². The maximum Gasteiger partial charge on any atom is 0.306 e. The van der Waals surface area contributed by atoms with Crippen LogP contribution in [-0.2, 0) is 28.6 Å². The van der Waals surface area contributed by atoms with Gasteiger partial charge in [0.05, 0.1) is 0 Å². The Bertz CT molecular complexity index is 1140. The van der Waals surface area contributed by atoms with E-state index in [0.29, 0.717) is 19.3 Å². The van der Waals surface area contributed by atoms with E-state index in [0.717, 1.165) is 89.9 Å². The number of carbonyl (C=O) groups is 3. The third kappa shape index (κ3) is 52.2. The molecular weight excluding hydrogens is 805 g/mol. The van der Waals surface area contributed by atoms with Gasteiger partial charge in [0.1, 0.15) is 13.2 Å². The molecule has 0 saturated heterocycles. The maximum absolute atomic E-state index is 12.8. The van der Waals surface area contributed by atoms with Crippen molar-refractivity contribution in [3.05, 3.63) is 48.6 Å². The van der Waals surface area contributed by atoms with Crippen LogP contribution >= 0.6 is 0 Å². The number of carbonyl (C=O) groups excluding carboxylic acids is 3. The number of unbranched alkanes of at least 4 members (excludes halogenated alkanes) is 32. The first-order valence-electron chi connectivity index (χ1n) is 28.1. The van der Waals surface area contributed by atoms with E-state index in [1.165, 1.54) is 161 Å². The summed E-state index contributed by atoms with van der Waals surface area (Å²) < 4.78 is 16.8. The summed E-state index contributed by atoms with van der Waals surface area (Å²) in [4.78, 5) is 38.1. The topological polar surface area (TPSA) is 78.9 Å². The lowest BCUT2D eigenvalue weighted by molar-refractivity contribution is -0.167. The van der Waals surface area contributed by atoms with Crippen molar-refractivity contribution in [3.63, 3.8) is 0 Å². The van der Waals surface area contributed by atoms with Crippen LogP contribution in [0.2, 0.25) is 0 Å². The van der Waals surface area contributed by atoms with Crippen LogP contribution in [0.1, 0.15) is 290 Å². The van der Waals surface area contributed by atoms with Crippen molar-refractivity contribution in [2.24, 2.45) is 0 Å². The van der Waals surface area contributed by atoms with Crippen LogP contribution in [-0.4, -0.2) is 37.2 Å². The van der Waals surface area contributed by atoms with Crippen molar-refractivity contribution < 1.29 is 28.6 Å². The molecule has 0 aromatic rings. The molecule has 0 bridgehead atoms. The normalized spacial score (nSPS) is 12.4. The number of rotatable bonds is 51. The lowest BCUT2D eigenvalue weighted by Gasteiger charge is -2.18. The molecule has 6 heteroatoms. The second kappa shape index (κ2) is 54.0. The molecule has 6 nitrogen and oxygen atoms in total. The van der Waals surface area contributed by atoms with Crippen LogP contribution in [0.3, 0.4) is 0 Å². The summed E-state index contributed by atoms with van der Waals surface area (Å²) in [5, 5.41) is 0. The minimum Gasteiger partial charge on any atom is -0.462 e. The zero-order valence-electron chi connectivity index (χ0n) is 43.3. The van der Waals surface area contributed by atoms with Gasteiger partial charge in [-0.3, -0.25) is 14.4 Å². The van der Waals surface area contributed by atoms with Crippen molar-refractivity contribution in [1.29, 1.82) is 0 Å². The summed E-state index contributed by atoms with van der Waals surface area (Å²) >= 11 is 0. The molecule has 1 atom stereocenters. The van der Waals surface area contributed by atoms with Gasteiger partial charge in [0.2, 0.25) is 0 Å². The molecule has 378 valence electrons. The largest absolute Gasteiger partial charge is 0.462 e. The summed E-state index contributed by atoms with van der Waals surface area (Å²) in [6, 6.07) is 0. The Morgan fingerprint density at radius 1 is 0.323 bits per heavy atom. The van der Waals surface area contributed by atoms with E-state index in [4.69, 9.17) is 14.2 Å². The minimum atomic E-state index is -0.781. The molecule has 0 radical (unpaired) electrons. The molecule has 0 spiro atoms. The van der Waals surface area contributed by atoms with Gasteiger partial charge in [-0.15, -0.1) is 0 Å². The van der Waals surface area contributed by atoms with Crippen molar-refractivity contribution in [2.75, 3.05) is 13.2 Å². The molecule has 0 aliphatic carbocycles. The molecule has 0 aromatic carbocycles. The van der Waals surface area contributed by atoms with E-state index in [1.54, 1.807) is 0 Å². The summed E-state index contributed by atoms with van der Waals surface area (Å²) in [5.41, 5.74) is 0. The number of ether oxygens (including phenoxy) is 3. The van der Waals surface area contributed by atoms with Crippen LogP contribution in [0.5, 0.6) is 0 Å². The highest BCUT2D eigenvalue weighted by molar-refractivity contribution is 5.71. The van der Waals surface area contributed by atoms with Crippen molar-refractivity contribution in [3.8, 4) is 0 Å². The minimum absolute atomic E-state index is 0.0799. The maximum atomic E-state index is 12.8. The van der Waals surface area contributed by atoms with Crippen LogP contribution in [0.25, 0.3) is 0 Å². The van der Waals surface area contributed by atoms with Gasteiger partial charge in [-0.2, -0.15) is 0 Å². The Morgan fingerprint density at radius 3 is 0.954 bits per heavy atom. The Morgan fingerprint density at radius 2 is 0.600 bits per heavy atom. The summed E-state index contributed by atoms with van der Waals surface area (Å²) in [5.74, 6) is -0.893. The number of hydrogen-bond acceptors (Lipinski definition) is 6. The molecule has 0 heterocycles. The molecule has 0 rings (SSSR count). The third-order valence-electron chi connectivity index (χ3n) is 12.3. The van der Waals surface area contributed by atoms with E-state index in [-0.39, 0.29) is 31.1 Å². The molecule has 1 unspecified atom stereocenters. The first-order valence-corrected chi connectivity index (χ1v) is 28.1. The van der Waals surface area contributed by atoms with Crippen molar-refractivity contribution in [1.82, 2.24) is 0 Å². The standard InChI is InChI=1S/C59H106O6/c1-4-7-10-13-16-19-22-25-28-30-32-34-37-40-43-46-49-52-58(61)64-55-56(54-63-57(60)51-48-45-42-39-36-33-27-24-21-18-15-12-9-6-3)65-59(62)53-50-47-44-41-38-35-31-29-26-23-20-17-14-11-8-5-2/h9,12,18,21,25,27-28,33,56H,4-8,10-11,13-17,19-20,22-24,26,29-32,34-55H2,1-3H3/b12-9-,21-18-,28-25-,33-27-. The van der Waals surface area contributed by atoms with Gasteiger partial charge in [0.15, 0.2) is 6.10 Å². The predicted octanol–water partition coefficient (Wildman–Crippen LogP) is 18.7. The lowest BCUT2D eigenvalue weighted by atomic mass is 10.0. The highest BCUT2D eigenvalue weighted by Crippen LogP contribution is 2.16. The summed E-state index contributed by atoms with van der Waals surface area (Å²) in [7, 11) is 0. The zero-order chi connectivity index (χ0) is 47.2. The fourth-order valence-corrected chi connectivity index (χ4v) is 8.10. The fourth-order valence-electron chi connectivity index (χ4n) is 8.10. The van der Waals surface area contributed by atoms with Crippen LogP contribution < -0.4 is 0 Å². The van der Waals surface area contributed by atoms with Crippen LogP contribution in [0.15, 0.2) is 48.6 Å².